The first-order valence-corrected chi connectivity index (χ1v) is 11.0. The van der Waals surface area contributed by atoms with E-state index in [0.717, 1.165) is 36.0 Å². The predicted molar refractivity (Wildman–Crippen MR) is 122 cm³/mol. The minimum Gasteiger partial charge on any atom is -0.464 e. The minimum absolute atomic E-state index is 0.158. The van der Waals surface area contributed by atoms with Crippen LogP contribution in [0.15, 0.2) is 36.8 Å². The fourth-order valence-electron chi connectivity index (χ4n) is 3.94. The molecule has 10 nitrogen and oxygen atoms in total. The van der Waals surface area contributed by atoms with Gasteiger partial charge in [-0.3, -0.25) is 9.48 Å². The van der Waals surface area contributed by atoms with Gasteiger partial charge in [0.1, 0.15) is 5.82 Å². The Kier molecular flexibility index (Phi) is 5.74. The van der Waals surface area contributed by atoms with Crippen LogP contribution in [-0.4, -0.2) is 54.9 Å². The summed E-state index contributed by atoms with van der Waals surface area (Å²) in [7, 11) is 0. The van der Waals surface area contributed by atoms with Crippen LogP contribution in [0.25, 0.3) is 22.3 Å². The van der Waals surface area contributed by atoms with Gasteiger partial charge >= 0.3 is 6.01 Å². The highest BCUT2D eigenvalue weighted by molar-refractivity contribution is 6.05. The van der Waals surface area contributed by atoms with Crippen molar-refractivity contribution in [3.05, 3.63) is 48.0 Å². The molecule has 1 aliphatic heterocycles. The van der Waals surface area contributed by atoms with Crippen molar-refractivity contribution in [1.82, 2.24) is 29.7 Å². The van der Waals surface area contributed by atoms with Crippen molar-refractivity contribution in [3.63, 3.8) is 0 Å². The molecule has 0 aromatic carbocycles. The fourth-order valence-corrected chi connectivity index (χ4v) is 3.94. The van der Waals surface area contributed by atoms with Crippen molar-refractivity contribution in [1.29, 1.82) is 0 Å². The van der Waals surface area contributed by atoms with Crippen LogP contribution in [0.3, 0.4) is 0 Å². The molecule has 1 amide bonds. The Labute approximate surface area is 190 Å². The SMILES string of the molecule is CCOc1nccc(-c2cc3cnc(NC(=O)c4cn(C[C@@H]5CCCO5)nc4C)cc3[nH]2)n1. The van der Waals surface area contributed by atoms with Crippen LogP contribution in [0.1, 0.15) is 35.8 Å². The van der Waals surface area contributed by atoms with Gasteiger partial charge in [0.05, 0.1) is 47.4 Å². The molecule has 10 heteroatoms. The Morgan fingerprint density at radius 3 is 3.09 bits per heavy atom. The molecule has 2 N–H and O–H groups in total. The van der Waals surface area contributed by atoms with Crippen molar-refractivity contribution < 1.29 is 14.3 Å². The molecular weight excluding hydrogens is 422 g/mol. The number of fused-ring (bicyclic) bond motifs is 1. The maximum absolute atomic E-state index is 12.9. The first kappa shape index (κ1) is 21.1. The van der Waals surface area contributed by atoms with E-state index in [-0.39, 0.29) is 12.0 Å². The maximum atomic E-state index is 12.9. The number of nitrogens with one attached hydrogen (secondary N) is 2. The molecule has 0 radical (unpaired) electrons. The molecule has 5 heterocycles. The lowest BCUT2D eigenvalue weighted by atomic mass is 10.2. The highest BCUT2D eigenvalue weighted by atomic mass is 16.5. The van der Waals surface area contributed by atoms with Crippen molar-refractivity contribution in [2.24, 2.45) is 0 Å². The van der Waals surface area contributed by atoms with Gasteiger partial charge < -0.3 is 19.8 Å². The van der Waals surface area contributed by atoms with Crippen molar-refractivity contribution in [2.45, 2.75) is 39.3 Å². The van der Waals surface area contributed by atoms with Crippen molar-refractivity contribution >= 4 is 22.6 Å². The largest absolute Gasteiger partial charge is 0.464 e. The molecule has 1 atom stereocenters. The Morgan fingerprint density at radius 1 is 1.36 bits per heavy atom. The summed E-state index contributed by atoms with van der Waals surface area (Å²) in [5, 5.41) is 8.25. The van der Waals surface area contributed by atoms with Crippen molar-refractivity contribution in [2.75, 3.05) is 18.5 Å². The zero-order valence-corrected chi connectivity index (χ0v) is 18.5. The van der Waals surface area contributed by atoms with Crippen LogP contribution in [0, 0.1) is 6.92 Å². The molecule has 0 bridgehead atoms. The third-order valence-electron chi connectivity index (χ3n) is 5.53. The first-order valence-electron chi connectivity index (χ1n) is 11.0. The lowest BCUT2D eigenvalue weighted by Gasteiger charge is -2.08. The molecule has 1 saturated heterocycles. The molecule has 1 fully saturated rings. The van der Waals surface area contributed by atoms with Crippen molar-refractivity contribution in [3.8, 4) is 17.4 Å². The molecule has 0 unspecified atom stereocenters. The number of ether oxygens (including phenoxy) is 2. The number of aryl methyl sites for hydroxylation is 1. The number of anilines is 1. The maximum Gasteiger partial charge on any atom is 0.316 e. The Hall–Kier alpha value is -3.79. The van der Waals surface area contributed by atoms with E-state index in [0.29, 0.717) is 41.9 Å². The lowest BCUT2D eigenvalue weighted by molar-refractivity contribution is 0.0937. The number of aromatic amines is 1. The smallest absolute Gasteiger partial charge is 0.316 e. The molecule has 0 spiro atoms. The average molecular weight is 447 g/mol. The molecule has 0 aliphatic carbocycles. The zero-order chi connectivity index (χ0) is 22.8. The second-order valence-corrected chi connectivity index (χ2v) is 7.94. The summed E-state index contributed by atoms with van der Waals surface area (Å²) in [6, 6.07) is 5.88. The molecule has 33 heavy (non-hydrogen) atoms. The van der Waals surface area contributed by atoms with Gasteiger partial charge in [0.25, 0.3) is 5.91 Å². The van der Waals surface area contributed by atoms with Crippen LogP contribution in [0.2, 0.25) is 0 Å². The Bertz CT molecular complexity index is 1290. The average Bonchev–Trinajstić information content (AvgIpc) is 3.54. The van der Waals surface area contributed by atoms with Crippen LogP contribution in [0.4, 0.5) is 5.82 Å². The van der Waals surface area contributed by atoms with Gasteiger partial charge in [0.2, 0.25) is 0 Å². The Balaban J connectivity index is 1.33. The first-order chi connectivity index (χ1) is 16.1. The monoisotopic (exact) mass is 447 g/mol. The number of nitrogens with zero attached hydrogens (tertiary/aromatic N) is 5. The van der Waals surface area contributed by atoms with E-state index in [1.807, 2.05) is 19.9 Å². The van der Waals surface area contributed by atoms with Gasteiger partial charge in [-0.05, 0) is 38.8 Å². The van der Waals surface area contributed by atoms with E-state index in [1.54, 1.807) is 35.4 Å². The van der Waals surface area contributed by atoms with Crippen LogP contribution in [-0.2, 0) is 11.3 Å². The van der Waals surface area contributed by atoms with E-state index < -0.39 is 0 Å². The van der Waals surface area contributed by atoms with E-state index in [4.69, 9.17) is 9.47 Å². The summed E-state index contributed by atoms with van der Waals surface area (Å²) in [6.45, 7) is 5.65. The van der Waals surface area contributed by atoms with E-state index in [2.05, 4.69) is 30.4 Å². The number of carbonyl (C=O) groups excluding carboxylic acids is 1. The summed E-state index contributed by atoms with van der Waals surface area (Å²) in [5.74, 6) is 0.201. The highest BCUT2D eigenvalue weighted by Gasteiger charge is 2.19. The van der Waals surface area contributed by atoms with Gasteiger partial charge in [0.15, 0.2) is 0 Å². The minimum atomic E-state index is -0.248. The summed E-state index contributed by atoms with van der Waals surface area (Å²) in [6.07, 6.45) is 7.38. The van der Waals surface area contributed by atoms with Gasteiger partial charge in [-0.1, -0.05) is 0 Å². The van der Waals surface area contributed by atoms with Crippen LogP contribution in [0.5, 0.6) is 6.01 Å². The van der Waals surface area contributed by atoms with Crippen LogP contribution >= 0.6 is 0 Å². The molecule has 4 aromatic rings. The number of hydrogen-bond donors (Lipinski definition) is 2. The number of hydrogen-bond acceptors (Lipinski definition) is 7. The summed E-state index contributed by atoms with van der Waals surface area (Å²) in [4.78, 5) is 29.1. The van der Waals surface area contributed by atoms with Crippen LogP contribution < -0.4 is 10.1 Å². The van der Waals surface area contributed by atoms with Gasteiger partial charge in [-0.15, -0.1) is 0 Å². The number of H-pyrrole nitrogens is 1. The zero-order valence-electron chi connectivity index (χ0n) is 18.5. The molecule has 1 aliphatic rings. The summed E-state index contributed by atoms with van der Waals surface area (Å²) in [5.41, 5.74) is 3.54. The van der Waals surface area contributed by atoms with Gasteiger partial charge in [0, 0.05) is 36.7 Å². The topological polar surface area (TPSA) is 120 Å². The molecular formula is C23H25N7O3. The van der Waals surface area contributed by atoms with E-state index >= 15 is 0 Å². The number of amides is 1. The van der Waals surface area contributed by atoms with Gasteiger partial charge in [-0.25, -0.2) is 9.97 Å². The third-order valence-corrected chi connectivity index (χ3v) is 5.53. The number of aromatic nitrogens is 6. The summed E-state index contributed by atoms with van der Waals surface area (Å²) >= 11 is 0. The second-order valence-electron chi connectivity index (χ2n) is 7.94. The summed E-state index contributed by atoms with van der Waals surface area (Å²) < 4.78 is 12.8. The fraction of sp³-hybridized carbons (Fsp3) is 0.348. The third kappa shape index (κ3) is 4.56. The van der Waals surface area contributed by atoms with E-state index in [1.165, 1.54) is 0 Å². The van der Waals surface area contributed by atoms with Gasteiger partial charge in [-0.2, -0.15) is 10.1 Å². The number of carbonyl (C=O) groups is 1. The quantitative estimate of drug-likeness (QED) is 0.446. The Morgan fingerprint density at radius 2 is 2.27 bits per heavy atom. The predicted octanol–water partition coefficient (Wildman–Crippen LogP) is 3.35. The molecule has 0 saturated carbocycles. The molecule has 4 aromatic heterocycles. The highest BCUT2D eigenvalue weighted by Crippen LogP contribution is 2.25. The molecule has 170 valence electrons. The second kappa shape index (κ2) is 8.99. The number of rotatable bonds is 7. The lowest BCUT2D eigenvalue weighted by Crippen LogP contribution is -2.15. The number of pyridine rings is 1. The normalized spacial score (nSPS) is 15.8. The standard InChI is InChI=1S/C23H25N7O3/c1-3-32-23-24-7-6-18(27-23)20-9-15-11-25-21(10-19(15)26-20)28-22(31)17-13-30(29-14(17)2)12-16-5-4-8-33-16/h6-7,9-11,13,16,26H,3-5,8,12H2,1-2H3,(H,25,28,31)/t16-/m0/s1. The van der Waals surface area contributed by atoms with E-state index in [9.17, 15) is 4.79 Å². The molecule has 5 rings (SSSR count).